The van der Waals surface area contributed by atoms with Gasteiger partial charge in [0, 0.05) is 7.05 Å². The molecule has 1 unspecified atom stereocenters. The maximum atomic E-state index is 11.7. The van der Waals surface area contributed by atoms with Gasteiger partial charge in [-0.3, -0.25) is 20.2 Å². The molecule has 4 heteroatoms. The molecule has 0 aromatic heterocycles. The fourth-order valence-electron chi connectivity index (χ4n) is 1.50. The third-order valence-electron chi connectivity index (χ3n) is 2.44. The number of benzene rings is 1. The van der Waals surface area contributed by atoms with Crippen LogP contribution in [0.4, 0.5) is 0 Å². The molecule has 1 aromatic carbocycles. The number of carbonyl (C=O) groups excluding carboxylic acids is 1. The van der Waals surface area contributed by atoms with Crippen molar-refractivity contribution < 1.29 is 4.79 Å². The van der Waals surface area contributed by atoms with Crippen molar-refractivity contribution in [1.29, 1.82) is 0 Å². The highest BCUT2D eigenvalue weighted by atomic mass is 16.2. The van der Waals surface area contributed by atoms with Gasteiger partial charge in [-0.15, -0.1) is 0 Å². The van der Waals surface area contributed by atoms with Gasteiger partial charge in [-0.25, -0.2) is 0 Å². The smallest absolute Gasteiger partial charge is 0.267 e. The molecule has 78 valence electrons. The molecule has 1 aliphatic rings. The highest BCUT2D eigenvalue weighted by Crippen LogP contribution is 2.20. The molecular weight excluding hydrogens is 190 g/mol. The highest BCUT2D eigenvalue weighted by molar-refractivity contribution is 5.92. The van der Waals surface area contributed by atoms with Gasteiger partial charge in [0.2, 0.25) is 0 Å². The van der Waals surface area contributed by atoms with E-state index in [2.05, 4.69) is 10.4 Å². The van der Waals surface area contributed by atoms with Crippen molar-refractivity contribution in [3.8, 4) is 0 Å². The summed E-state index contributed by atoms with van der Waals surface area (Å²) >= 11 is 0. The van der Waals surface area contributed by atoms with Crippen molar-refractivity contribution in [1.82, 2.24) is 10.4 Å². The van der Waals surface area contributed by atoms with Crippen LogP contribution >= 0.6 is 0 Å². The number of carbonyl (C=O) groups is 1. The van der Waals surface area contributed by atoms with Gasteiger partial charge < -0.3 is 0 Å². The first-order chi connectivity index (χ1) is 7.18. The number of nitrogens with zero attached hydrogens (tertiary/aromatic N) is 2. The van der Waals surface area contributed by atoms with Gasteiger partial charge in [0.25, 0.3) is 5.91 Å². The lowest BCUT2D eigenvalue weighted by atomic mass is 10.1. The van der Waals surface area contributed by atoms with Crippen LogP contribution in [0.1, 0.15) is 18.5 Å². The van der Waals surface area contributed by atoms with E-state index in [4.69, 9.17) is 0 Å². The van der Waals surface area contributed by atoms with Crippen LogP contribution in [0.3, 0.4) is 0 Å². The van der Waals surface area contributed by atoms with Crippen molar-refractivity contribution in [2.75, 3.05) is 7.05 Å². The Hall–Kier alpha value is -1.84. The van der Waals surface area contributed by atoms with Crippen LogP contribution in [-0.2, 0) is 4.79 Å². The summed E-state index contributed by atoms with van der Waals surface area (Å²) in [6.45, 7) is 1.87. The number of rotatable bonds is 1. The van der Waals surface area contributed by atoms with Crippen molar-refractivity contribution in [2.45, 2.75) is 13.0 Å². The molecule has 1 aliphatic heterocycles. The molecular formula is C11H13N3O. The Morgan fingerprint density at radius 3 is 2.67 bits per heavy atom. The largest absolute Gasteiger partial charge is 0.275 e. The third-order valence-corrected chi connectivity index (χ3v) is 2.44. The summed E-state index contributed by atoms with van der Waals surface area (Å²) in [7, 11) is 1.78. The Morgan fingerprint density at radius 2 is 2.00 bits per heavy atom. The number of aliphatic imine (C=N–C) groups is 1. The molecule has 0 fully saturated rings. The molecule has 4 nitrogen and oxygen atoms in total. The summed E-state index contributed by atoms with van der Waals surface area (Å²) in [5.41, 5.74) is 3.66. The first kappa shape index (κ1) is 9.71. The molecule has 1 N–H and O–H groups in total. The number of nitrogens with one attached hydrogen (secondary N) is 1. The van der Waals surface area contributed by atoms with Crippen LogP contribution in [0.2, 0.25) is 0 Å². The van der Waals surface area contributed by atoms with Gasteiger partial charge >= 0.3 is 0 Å². The fourth-order valence-corrected chi connectivity index (χ4v) is 1.50. The fraction of sp³-hybridized carbons (Fsp3) is 0.273. The zero-order valence-corrected chi connectivity index (χ0v) is 8.77. The molecule has 0 bridgehead atoms. The zero-order valence-electron chi connectivity index (χ0n) is 8.77. The van der Waals surface area contributed by atoms with Crippen LogP contribution in [0, 0.1) is 0 Å². The number of hydrazine groups is 1. The molecule has 0 saturated carbocycles. The van der Waals surface area contributed by atoms with Crippen molar-refractivity contribution >= 4 is 11.7 Å². The molecule has 0 aliphatic carbocycles. The summed E-state index contributed by atoms with van der Waals surface area (Å²) in [5, 5.41) is 1.63. The van der Waals surface area contributed by atoms with E-state index in [1.54, 1.807) is 12.1 Å². The SMILES string of the molecule is CC1=NC(c2ccccc2)C(=O)NN1C. The van der Waals surface area contributed by atoms with E-state index in [-0.39, 0.29) is 5.91 Å². The van der Waals surface area contributed by atoms with E-state index in [0.29, 0.717) is 0 Å². The second kappa shape index (κ2) is 3.73. The molecule has 0 saturated heterocycles. The molecule has 0 spiro atoms. The normalized spacial score (nSPS) is 20.9. The topological polar surface area (TPSA) is 44.7 Å². The summed E-state index contributed by atoms with van der Waals surface area (Å²) < 4.78 is 0. The summed E-state index contributed by atoms with van der Waals surface area (Å²) in [5.74, 6) is 0.720. The Labute approximate surface area is 88.6 Å². The van der Waals surface area contributed by atoms with Crippen molar-refractivity contribution in [2.24, 2.45) is 4.99 Å². The van der Waals surface area contributed by atoms with E-state index >= 15 is 0 Å². The number of hydrogen-bond donors (Lipinski definition) is 1. The lowest BCUT2D eigenvalue weighted by Gasteiger charge is -2.28. The summed E-state index contributed by atoms with van der Waals surface area (Å²) in [6.07, 6.45) is 0. The molecule has 1 aromatic rings. The van der Waals surface area contributed by atoms with Crippen molar-refractivity contribution in [3.63, 3.8) is 0 Å². The van der Waals surface area contributed by atoms with Gasteiger partial charge in [-0.2, -0.15) is 0 Å². The summed E-state index contributed by atoms with van der Waals surface area (Å²) in [6, 6.07) is 9.14. The number of hydrogen-bond acceptors (Lipinski definition) is 3. The molecule has 0 radical (unpaired) electrons. The first-order valence-corrected chi connectivity index (χ1v) is 4.82. The first-order valence-electron chi connectivity index (χ1n) is 4.82. The minimum Gasteiger partial charge on any atom is -0.275 e. The third kappa shape index (κ3) is 1.83. The van der Waals surface area contributed by atoms with E-state index < -0.39 is 6.04 Å². The van der Waals surface area contributed by atoms with Gasteiger partial charge in [-0.05, 0) is 12.5 Å². The number of amidine groups is 1. The van der Waals surface area contributed by atoms with Gasteiger partial charge in [-0.1, -0.05) is 30.3 Å². The lowest BCUT2D eigenvalue weighted by molar-refractivity contribution is -0.126. The molecule has 1 amide bonds. The van der Waals surface area contributed by atoms with Crippen LogP contribution < -0.4 is 5.43 Å². The van der Waals surface area contributed by atoms with Gasteiger partial charge in [0.1, 0.15) is 5.84 Å². The maximum absolute atomic E-state index is 11.7. The van der Waals surface area contributed by atoms with Gasteiger partial charge in [0.15, 0.2) is 6.04 Å². The minimum atomic E-state index is -0.414. The van der Waals surface area contributed by atoms with Crippen LogP contribution in [0.5, 0.6) is 0 Å². The Balaban J connectivity index is 2.34. The monoisotopic (exact) mass is 203 g/mol. The second-order valence-corrected chi connectivity index (χ2v) is 3.52. The lowest BCUT2D eigenvalue weighted by Crippen LogP contribution is -2.48. The average Bonchev–Trinajstić information content (AvgIpc) is 2.25. The summed E-state index contributed by atoms with van der Waals surface area (Å²) in [4.78, 5) is 16.0. The van der Waals surface area contributed by atoms with Crippen LogP contribution in [0.15, 0.2) is 35.3 Å². The molecule has 15 heavy (non-hydrogen) atoms. The maximum Gasteiger partial charge on any atom is 0.267 e. The number of amides is 1. The van der Waals surface area contributed by atoms with Crippen LogP contribution in [0.25, 0.3) is 0 Å². The van der Waals surface area contributed by atoms with E-state index in [9.17, 15) is 4.79 Å². The second-order valence-electron chi connectivity index (χ2n) is 3.52. The highest BCUT2D eigenvalue weighted by Gasteiger charge is 2.25. The Morgan fingerprint density at radius 1 is 1.33 bits per heavy atom. The van der Waals surface area contributed by atoms with E-state index in [1.165, 1.54) is 0 Å². The van der Waals surface area contributed by atoms with Crippen LogP contribution in [-0.4, -0.2) is 23.8 Å². The Bertz CT molecular complexity index is 400. The van der Waals surface area contributed by atoms with E-state index in [1.807, 2.05) is 37.3 Å². The van der Waals surface area contributed by atoms with E-state index in [0.717, 1.165) is 11.4 Å². The average molecular weight is 203 g/mol. The minimum absolute atomic E-state index is 0.0886. The van der Waals surface area contributed by atoms with Crippen molar-refractivity contribution in [3.05, 3.63) is 35.9 Å². The standard InChI is InChI=1S/C11H13N3O/c1-8-12-10(11(15)13-14(8)2)9-6-4-3-5-7-9/h3-7,10H,1-2H3,(H,13,15). The predicted octanol–water partition coefficient (Wildman–Crippen LogP) is 1.12. The zero-order chi connectivity index (χ0) is 10.8. The molecule has 2 rings (SSSR count). The van der Waals surface area contributed by atoms with Gasteiger partial charge in [0.05, 0.1) is 0 Å². The Kier molecular flexibility index (Phi) is 2.41. The molecule has 1 atom stereocenters. The predicted molar refractivity (Wildman–Crippen MR) is 58.2 cm³/mol. The molecule has 1 heterocycles. The quantitative estimate of drug-likeness (QED) is 0.743.